The van der Waals surface area contributed by atoms with Gasteiger partial charge in [0.1, 0.15) is 11.5 Å². The number of carbonyl (C=O) groups excluding carboxylic acids is 1. The van der Waals surface area contributed by atoms with Crippen LogP contribution < -0.4 is 14.8 Å². The summed E-state index contributed by atoms with van der Waals surface area (Å²) in [5, 5.41) is 2.03. The van der Waals surface area contributed by atoms with Crippen LogP contribution in [-0.4, -0.2) is 36.9 Å². The molecule has 0 heterocycles. The molecule has 11 heteroatoms. The molecule has 0 spiro atoms. The standard InChI is InChI=1S/C16H19N2O7PS/c19-16(26(20,21)22)17-11-4-12-18-27(23,24)15-9-7-14(8-10-15)25-13-5-2-1-3-6-13/h1-3,5-10,18H,4,11-12H2,(H,17,19)(H2,20,21,22). The zero-order chi connectivity index (χ0) is 19.9. The maximum absolute atomic E-state index is 12.2. The minimum absolute atomic E-state index is 0.00790. The van der Waals surface area contributed by atoms with E-state index in [0.29, 0.717) is 11.5 Å². The molecule has 27 heavy (non-hydrogen) atoms. The number of para-hydroxylation sites is 1. The topological polar surface area (TPSA) is 142 Å². The molecule has 0 aliphatic carbocycles. The summed E-state index contributed by atoms with van der Waals surface area (Å²) in [4.78, 5) is 28.3. The van der Waals surface area contributed by atoms with Crippen LogP contribution in [0.5, 0.6) is 11.5 Å². The molecule has 9 nitrogen and oxygen atoms in total. The van der Waals surface area contributed by atoms with E-state index in [1.54, 1.807) is 12.1 Å². The van der Waals surface area contributed by atoms with E-state index < -0.39 is 23.3 Å². The highest BCUT2D eigenvalue weighted by atomic mass is 32.2. The number of nitrogens with one attached hydrogen (secondary N) is 2. The summed E-state index contributed by atoms with van der Waals surface area (Å²) in [7, 11) is -8.57. The second kappa shape index (κ2) is 9.12. The van der Waals surface area contributed by atoms with E-state index in [1.165, 1.54) is 24.3 Å². The first-order chi connectivity index (χ1) is 12.7. The fourth-order valence-electron chi connectivity index (χ4n) is 1.99. The number of hydrogen-bond acceptors (Lipinski definition) is 5. The molecule has 2 aromatic carbocycles. The van der Waals surface area contributed by atoms with Crippen LogP contribution in [0.3, 0.4) is 0 Å². The van der Waals surface area contributed by atoms with Crippen molar-refractivity contribution in [2.45, 2.75) is 11.3 Å². The molecular weight excluding hydrogens is 395 g/mol. The van der Waals surface area contributed by atoms with Crippen LogP contribution in [0.2, 0.25) is 0 Å². The lowest BCUT2D eigenvalue weighted by atomic mass is 10.3. The molecule has 2 rings (SSSR count). The van der Waals surface area contributed by atoms with Crippen LogP contribution >= 0.6 is 7.60 Å². The fraction of sp³-hybridized carbons (Fsp3) is 0.188. The number of sulfonamides is 1. The highest BCUT2D eigenvalue weighted by Crippen LogP contribution is 2.34. The van der Waals surface area contributed by atoms with Crippen molar-refractivity contribution < 1.29 is 32.3 Å². The van der Waals surface area contributed by atoms with Crippen molar-refractivity contribution in [3.63, 3.8) is 0 Å². The largest absolute Gasteiger partial charge is 0.457 e. The highest BCUT2D eigenvalue weighted by Gasteiger charge is 2.24. The van der Waals surface area contributed by atoms with Gasteiger partial charge in [-0.05, 0) is 42.8 Å². The van der Waals surface area contributed by atoms with Gasteiger partial charge in [0.2, 0.25) is 10.0 Å². The number of carbonyl (C=O) groups is 1. The first-order valence-electron chi connectivity index (χ1n) is 7.85. The number of benzene rings is 2. The van der Waals surface area contributed by atoms with Gasteiger partial charge in [-0.3, -0.25) is 4.79 Å². The number of rotatable bonds is 9. The summed E-state index contributed by atoms with van der Waals surface area (Å²) >= 11 is 0. The van der Waals surface area contributed by atoms with Gasteiger partial charge in [0, 0.05) is 13.1 Å². The predicted molar refractivity (Wildman–Crippen MR) is 98.2 cm³/mol. The quantitative estimate of drug-likeness (QED) is 0.363. The number of hydrogen-bond donors (Lipinski definition) is 4. The van der Waals surface area contributed by atoms with Crippen molar-refractivity contribution in [2.75, 3.05) is 13.1 Å². The van der Waals surface area contributed by atoms with Crippen molar-refractivity contribution >= 4 is 23.3 Å². The second-order valence-electron chi connectivity index (χ2n) is 5.41. The van der Waals surface area contributed by atoms with E-state index in [0.717, 1.165) is 0 Å². The van der Waals surface area contributed by atoms with E-state index in [2.05, 4.69) is 4.72 Å². The summed E-state index contributed by atoms with van der Waals surface area (Å²) < 4.78 is 43.0. The minimum Gasteiger partial charge on any atom is -0.457 e. The van der Waals surface area contributed by atoms with E-state index >= 15 is 0 Å². The summed E-state index contributed by atoms with van der Waals surface area (Å²) in [6.45, 7) is -0.0810. The lowest BCUT2D eigenvalue weighted by molar-refractivity contribution is 0.248. The molecule has 0 aliphatic rings. The zero-order valence-corrected chi connectivity index (χ0v) is 15.8. The Balaban J connectivity index is 1.84. The molecule has 0 bridgehead atoms. The fourth-order valence-corrected chi connectivity index (χ4v) is 3.38. The van der Waals surface area contributed by atoms with E-state index in [4.69, 9.17) is 14.5 Å². The average molecular weight is 414 g/mol. The van der Waals surface area contributed by atoms with Crippen molar-refractivity contribution in [1.82, 2.24) is 10.0 Å². The Bertz CT molecular complexity index is 912. The Morgan fingerprint density at radius 2 is 1.56 bits per heavy atom. The molecule has 2 aromatic rings. The van der Waals surface area contributed by atoms with Gasteiger partial charge in [-0.25, -0.2) is 17.7 Å². The normalized spacial score (nSPS) is 11.8. The Morgan fingerprint density at radius 1 is 0.963 bits per heavy atom. The molecular formula is C16H19N2O7PS. The molecule has 4 N–H and O–H groups in total. The van der Waals surface area contributed by atoms with Crippen LogP contribution in [0, 0.1) is 0 Å². The first-order valence-corrected chi connectivity index (χ1v) is 10.9. The van der Waals surface area contributed by atoms with Gasteiger partial charge in [-0.2, -0.15) is 0 Å². The third-order valence-corrected chi connectivity index (χ3v) is 5.46. The molecule has 0 radical (unpaired) electrons. The smallest absolute Gasteiger partial charge is 0.413 e. The van der Waals surface area contributed by atoms with Gasteiger partial charge < -0.3 is 19.8 Å². The molecule has 0 saturated heterocycles. The van der Waals surface area contributed by atoms with Gasteiger partial charge in [0.15, 0.2) is 0 Å². The van der Waals surface area contributed by atoms with Gasteiger partial charge in [-0.15, -0.1) is 0 Å². The maximum atomic E-state index is 12.2. The summed E-state index contributed by atoms with van der Waals surface area (Å²) in [6, 6.07) is 14.9. The van der Waals surface area contributed by atoms with Crippen LogP contribution in [0.25, 0.3) is 0 Å². The monoisotopic (exact) mass is 414 g/mol. The van der Waals surface area contributed by atoms with Gasteiger partial charge in [0.05, 0.1) is 4.90 Å². The molecule has 0 aromatic heterocycles. The molecule has 0 saturated carbocycles. The summed E-state index contributed by atoms with van der Waals surface area (Å²) in [6.07, 6.45) is 0.167. The predicted octanol–water partition coefficient (Wildman–Crippen LogP) is 2.03. The van der Waals surface area contributed by atoms with Crippen molar-refractivity contribution in [1.29, 1.82) is 0 Å². The van der Waals surface area contributed by atoms with Crippen LogP contribution in [0.4, 0.5) is 4.79 Å². The van der Waals surface area contributed by atoms with E-state index in [1.807, 2.05) is 23.5 Å². The van der Waals surface area contributed by atoms with Crippen LogP contribution in [0.1, 0.15) is 6.42 Å². The van der Waals surface area contributed by atoms with E-state index in [9.17, 15) is 17.8 Å². The zero-order valence-electron chi connectivity index (χ0n) is 14.1. The molecule has 0 aliphatic heterocycles. The molecule has 0 fully saturated rings. The lowest BCUT2D eigenvalue weighted by Gasteiger charge is -2.09. The van der Waals surface area contributed by atoms with Crippen LogP contribution in [-0.2, 0) is 14.6 Å². The van der Waals surface area contributed by atoms with Gasteiger partial charge in [0.25, 0.3) is 0 Å². The third kappa shape index (κ3) is 6.78. The van der Waals surface area contributed by atoms with E-state index in [-0.39, 0.29) is 24.4 Å². The molecule has 1 amide bonds. The van der Waals surface area contributed by atoms with Gasteiger partial charge in [-0.1, -0.05) is 18.2 Å². The Hall–Kier alpha value is -2.23. The van der Waals surface area contributed by atoms with Crippen molar-refractivity contribution in [3.8, 4) is 11.5 Å². The highest BCUT2D eigenvalue weighted by molar-refractivity contribution is 7.89. The number of ether oxygens (including phenoxy) is 1. The first kappa shape index (κ1) is 21.1. The van der Waals surface area contributed by atoms with Gasteiger partial charge >= 0.3 is 13.2 Å². The third-order valence-electron chi connectivity index (χ3n) is 3.30. The summed E-state index contributed by atoms with van der Waals surface area (Å²) in [5.41, 5.74) is -1.39. The lowest BCUT2D eigenvalue weighted by Crippen LogP contribution is -2.29. The Morgan fingerprint density at radius 3 is 2.15 bits per heavy atom. The second-order valence-corrected chi connectivity index (χ2v) is 8.67. The van der Waals surface area contributed by atoms with Crippen LogP contribution in [0.15, 0.2) is 59.5 Å². The van der Waals surface area contributed by atoms with Crippen molar-refractivity contribution in [3.05, 3.63) is 54.6 Å². The average Bonchev–Trinajstić information content (AvgIpc) is 2.62. The maximum Gasteiger partial charge on any atom is 0.413 e. The number of amides is 1. The molecule has 0 atom stereocenters. The van der Waals surface area contributed by atoms with Crippen molar-refractivity contribution in [2.24, 2.45) is 0 Å². The molecule has 146 valence electrons. The summed E-state index contributed by atoms with van der Waals surface area (Å²) in [5.74, 6) is 1.11. The SMILES string of the molecule is O=C(NCCCNS(=O)(=O)c1ccc(Oc2ccccc2)cc1)P(=O)(O)O. The minimum atomic E-state index is -4.82. The Kier molecular flexibility index (Phi) is 7.11. The Labute approximate surface area is 156 Å². The molecule has 0 unspecified atom stereocenters.